The van der Waals surface area contributed by atoms with Gasteiger partial charge in [0.05, 0.1) is 13.2 Å². The molecule has 0 aromatic rings. The molecule has 188 valence electrons. The van der Waals surface area contributed by atoms with Crippen molar-refractivity contribution in [1.82, 2.24) is 5.32 Å². The summed E-state index contributed by atoms with van der Waals surface area (Å²) in [5, 5.41) is 2.83. The molecule has 1 aliphatic carbocycles. The number of carbonyl (C=O) groups is 2. The molecule has 0 bridgehead atoms. The highest BCUT2D eigenvalue weighted by molar-refractivity contribution is 5.86. The summed E-state index contributed by atoms with van der Waals surface area (Å²) in [6, 6.07) is 0. The summed E-state index contributed by atoms with van der Waals surface area (Å²) in [6.45, 7) is 9.06. The normalized spacial score (nSPS) is 15.5. The fraction of sp³-hybridized carbons (Fsp3) is 0.926. The van der Waals surface area contributed by atoms with Crippen molar-refractivity contribution in [3.8, 4) is 0 Å². The number of unbranched alkanes of at least 4 members (excludes halogenated alkanes) is 12. The van der Waals surface area contributed by atoms with Crippen molar-refractivity contribution in [1.29, 1.82) is 0 Å². The first kappa shape index (κ1) is 28.8. The van der Waals surface area contributed by atoms with E-state index < -0.39 is 11.6 Å². The van der Waals surface area contributed by atoms with Gasteiger partial charge in [-0.1, -0.05) is 118 Å². The molecule has 0 aromatic carbocycles. The van der Waals surface area contributed by atoms with Crippen LogP contribution >= 0.6 is 0 Å². The van der Waals surface area contributed by atoms with E-state index in [0.717, 1.165) is 25.7 Å². The molecule has 5 heteroatoms. The van der Waals surface area contributed by atoms with Crippen molar-refractivity contribution < 1.29 is 19.1 Å². The van der Waals surface area contributed by atoms with Crippen LogP contribution in [-0.4, -0.2) is 30.8 Å². The van der Waals surface area contributed by atoms with Gasteiger partial charge in [0.1, 0.15) is 5.54 Å². The summed E-state index contributed by atoms with van der Waals surface area (Å²) in [5.41, 5.74) is -1.000. The zero-order valence-corrected chi connectivity index (χ0v) is 21.6. The first-order valence-corrected chi connectivity index (χ1v) is 13.4. The molecule has 0 saturated heterocycles. The SMILES string of the molecule is CCCCCCCCCCCCCCCOC(=O)C1(NC(=O)OCC(C)(C)C)CCCC1. The van der Waals surface area contributed by atoms with Gasteiger partial charge in [0.15, 0.2) is 0 Å². The quantitative estimate of drug-likeness (QED) is 0.181. The van der Waals surface area contributed by atoms with Gasteiger partial charge < -0.3 is 14.8 Å². The minimum atomic E-state index is -0.897. The molecular weight excluding hydrogens is 402 g/mol. The van der Waals surface area contributed by atoms with Crippen molar-refractivity contribution in [3.63, 3.8) is 0 Å². The van der Waals surface area contributed by atoms with Crippen molar-refractivity contribution in [2.24, 2.45) is 5.41 Å². The van der Waals surface area contributed by atoms with Crippen LogP contribution in [0.4, 0.5) is 4.79 Å². The molecule has 5 nitrogen and oxygen atoms in total. The van der Waals surface area contributed by atoms with Gasteiger partial charge in [0.25, 0.3) is 0 Å². The largest absolute Gasteiger partial charge is 0.464 e. The van der Waals surface area contributed by atoms with E-state index >= 15 is 0 Å². The lowest BCUT2D eigenvalue weighted by Crippen LogP contribution is -2.53. The second-order valence-corrected chi connectivity index (χ2v) is 10.9. The lowest BCUT2D eigenvalue weighted by atomic mass is 9.98. The number of nitrogens with one attached hydrogen (secondary N) is 1. The molecule has 1 rings (SSSR count). The molecule has 1 amide bonds. The number of alkyl carbamates (subject to hydrolysis) is 1. The van der Waals surface area contributed by atoms with Gasteiger partial charge in [-0.05, 0) is 24.7 Å². The maximum atomic E-state index is 12.7. The Morgan fingerprint density at radius 2 is 1.22 bits per heavy atom. The van der Waals surface area contributed by atoms with E-state index in [0.29, 0.717) is 26.1 Å². The molecular formula is C27H51NO4. The number of rotatable bonds is 17. The Morgan fingerprint density at radius 1 is 0.750 bits per heavy atom. The zero-order valence-electron chi connectivity index (χ0n) is 21.6. The van der Waals surface area contributed by atoms with Crippen LogP contribution in [0.1, 0.15) is 137 Å². The van der Waals surface area contributed by atoms with E-state index in [-0.39, 0.29) is 11.4 Å². The average Bonchev–Trinajstić information content (AvgIpc) is 3.21. The molecule has 0 aromatic heterocycles. The molecule has 0 aliphatic heterocycles. The number of amides is 1. The number of carbonyl (C=O) groups excluding carboxylic acids is 2. The van der Waals surface area contributed by atoms with Crippen LogP contribution in [0.5, 0.6) is 0 Å². The molecule has 1 aliphatic rings. The monoisotopic (exact) mass is 453 g/mol. The van der Waals surface area contributed by atoms with Crippen LogP contribution in [-0.2, 0) is 14.3 Å². The molecule has 0 radical (unpaired) electrons. The van der Waals surface area contributed by atoms with E-state index in [4.69, 9.17) is 9.47 Å². The molecule has 1 fully saturated rings. The predicted octanol–water partition coefficient (Wildman–Crippen LogP) is 7.71. The second kappa shape index (κ2) is 16.4. The smallest absolute Gasteiger partial charge is 0.408 e. The Morgan fingerprint density at radius 3 is 1.69 bits per heavy atom. The van der Waals surface area contributed by atoms with Gasteiger partial charge in [-0.25, -0.2) is 9.59 Å². The van der Waals surface area contributed by atoms with E-state index in [2.05, 4.69) is 12.2 Å². The maximum Gasteiger partial charge on any atom is 0.408 e. The van der Waals surface area contributed by atoms with Crippen LogP contribution < -0.4 is 5.32 Å². The Bertz CT molecular complexity index is 506. The van der Waals surface area contributed by atoms with Crippen molar-refractivity contribution >= 4 is 12.1 Å². The summed E-state index contributed by atoms with van der Waals surface area (Å²) < 4.78 is 10.9. The topological polar surface area (TPSA) is 64.6 Å². The van der Waals surface area contributed by atoms with E-state index in [1.807, 2.05) is 20.8 Å². The third-order valence-electron chi connectivity index (χ3n) is 6.31. The number of ether oxygens (including phenoxy) is 2. The fourth-order valence-corrected chi connectivity index (χ4v) is 4.30. The summed E-state index contributed by atoms with van der Waals surface area (Å²) in [7, 11) is 0. The van der Waals surface area contributed by atoms with Crippen LogP contribution in [0.15, 0.2) is 0 Å². The highest BCUT2D eigenvalue weighted by Crippen LogP contribution is 2.31. The highest BCUT2D eigenvalue weighted by atomic mass is 16.6. The van der Waals surface area contributed by atoms with Gasteiger partial charge in [-0.2, -0.15) is 0 Å². The number of hydrogen-bond donors (Lipinski definition) is 1. The van der Waals surface area contributed by atoms with E-state index in [9.17, 15) is 9.59 Å². The van der Waals surface area contributed by atoms with Crippen molar-refractivity contribution in [2.75, 3.05) is 13.2 Å². The fourth-order valence-electron chi connectivity index (χ4n) is 4.30. The van der Waals surface area contributed by atoms with Gasteiger partial charge in [-0.15, -0.1) is 0 Å². The molecule has 0 atom stereocenters. The third-order valence-corrected chi connectivity index (χ3v) is 6.31. The Labute approximate surface area is 197 Å². The zero-order chi connectivity index (χ0) is 23.7. The first-order valence-electron chi connectivity index (χ1n) is 13.4. The molecule has 0 unspecified atom stereocenters. The van der Waals surface area contributed by atoms with Crippen LogP contribution in [0.2, 0.25) is 0 Å². The third kappa shape index (κ3) is 13.3. The minimum absolute atomic E-state index is 0.102. The summed E-state index contributed by atoms with van der Waals surface area (Å²) >= 11 is 0. The number of hydrogen-bond acceptors (Lipinski definition) is 4. The average molecular weight is 454 g/mol. The molecule has 1 saturated carbocycles. The van der Waals surface area contributed by atoms with Gasteiger partial charge in [0.2, 0.25) is 0 Å². The maximum absolute atomic E-state index is 12.7. The number of esters is 1. The van der Waals surface area contributed by atoms with Crippen molar-refractivity contribution in [2.45, 2.75) is 142 Å². The van der Waals surface area contributed by atoms with Crippen LogP contribution in [0.3, 0.4) is 0 Å². The Hall–Kier alpha value is -1.26. The molecule has 0 spiro atoms. The second-order valence-electron chi connectivity index (χ2n) is 10.9. The van der Waals surface area contributed by atoms with Crippen molar-refractivity contribution in [3.05, 3.63) is 0 Å². The summed E-state index contributed by atoms with van der Waals surface area (Å²) in [6.07, 6.45) is 19.4. The Balaban J connectivity index is 2.09. The van der Waals surface area contributed by atoms with E-state index in [1.54, 1.807) is 0 Å². The molecule has 1 N–H and O–H groups in total. The van der Waals surface area contributed by atoms with Gasteiger partial charge in [0, 0.05) is 0 Å². The van der Waals surface area contributed by atoms with Crippen LogP contribution in [0.25, 0.3) is 0 Å². The summed E-state index contributed by atoms with van der Waals surface area (Å²) in [5.74, 6) is -0.290. The lowest BCUT2D eigenvalue weighted by molar-refractivity contribution is -0.151. The summed E-state index contributed by atoms with van der Waals surface area (Å²) in [4.78, 5) is 24.9. The Kier molecular flexibility index (Phi) is 14.7. The first-order chi connectivity index (χ1) is 15.3. The van der Waals surface area contributed by atoms with E-state index in [1.165, 1.54) is 70.6 Å². The standard InChI is InChI=1S/C27H51NO4/c1-5-6-7-8-9-10-11-12-13-14-15-16-19-22-31-24(29)27(20-17-18-21-27)28-25(30)32-23-26(2,3)4/h5-23H2,1-4H3,(H,28,30). The van der Waals surface area contributed by atoms with Gasteiger partial charge in [-0.3, -0.25) is 0 Å². The minimum Gasteiger partial charge on any atom is -0.464 e. The van der Waals surface area contributed by atoms with Gasteiger partial charge >= 0.3 is 12.1 Å². The molecule has 32 heavy (non-hydrogen) atoms. The lowest BCUT2D eigenvalue weighted by Gasteiger charge is -2.28. The van der Waals surface area contributed by atoms with Crippen LogP contribution in [0, 0.1) is 5.41 Å². The predicted molar refractivity (Wildman–Crippen MR) is 132 cm³/mol. The molecule has 0 heterocycles. The highest BCUT2D eigenvalue weighted by Gasteiger charge is 2.44.